The van der Waals surface area contributed by atoms with Gasteiger partial charge >= 0.3 is 12.1 Å². The maximum atomic E-state index is 14.8. The van der Waals surface area contributed by atoms with Gasteiger partial charge in [-0.1, -0.05) is 50.0 Å². The summed E-state index contributed by atoms with van der Waals surface area (Å²) in [4.78, 5) is 73.0. The highest BCUT2D eigenvalue weighted by atomic mass is 32.2. The Bertz CT molecular complexity index is 1810. The van der Waals surface area contributed by atoms with Crippen LogP contribution in [-0.2, 0) is 48.7 Å². The number of benzene rings is 1. The fourth-order valence-electron chi connectivity index (χ4n) is 8.92. The summed E-state index contributed by atoms with van der Waals surface area (Å²) in [5.74, 6) is -2.66. The number of fused-ring (bicyclic) bond motifs is 3. The molecule has 3 saturated carbocycles. The Hall–Kier alpha value is -4.14. The summed E-state index contributed by atoms with van der Waals surface area (Å²) >= 11 is 0. The lowest BCUT2D eigenvalue weighted by Gasteiger charge is -2.36. The number of rotatable bonds is 7. The van der Waals surface area contributed by atoms with Crippen LogP contribution in [0.3, 0.4) is 0 Å². The fraction of sp³-hybridized carbons (Fsp3) is 0.667. The van der Waals surface area contributed by atoms with Crippen LogP contribution in [0.15, 0.2) is 30.9 Å². The van der Waals surface area contributed by atoms with E-state index in [1.807, 2.05) is 26.0 Å². The Labute approximate surface area is 317 Å². The highest BCUT2D eigenvalue weighted by Gasteiger charge is 2.62. The van der Waals surface area contributed by atoms with E-state index in [2.05, 4.69) is 33.3 Å². The number of hydrogen-bond acceptors (Lipinski definition) is 8. The maximum Gasteiger partial charge on any atom is 0.410 e. The largest absolute Gasteiger partial charge is 0.444 e. The molecule has 3 heterocycles. The van der Waals surface area contributed by atoms with E-state index in [4.69, 9.17) is 4.74 Å². The van der Waals surface area contributed by atoms with Crippen LogP contribution < -0.4 is 20.7 Å². The first-order valence-electron chi connectivity index (χ1n) is 19.6. The van der Waals surface area contributed by atoms with Crippen LogP contribution in [0.2, 0.25) is 0 Å². The standard InChI is InChI=1S/C39H54N6O8S/c1-4-27-20-39(27,35(48)43-54(51,52)29-16-17-29)41-33(46)31-19-28-22-45(31)34(47)32(25-12-6-5-7-13-25)40-36(49)42-38(2,3)18-9-8-11-24-14-10-15-26-21-44(23-30(24)26)37(50)53-28/h4,10,14-15,25,27-29,31-32H,1,5-9,11-13,16-23H2,2-3H3,(H,41,46)(H,43,48)(H2,40,42,49)/t27-,28-,31+,32+,39+/m1/s1. The molecule has 15 heteroatoms. The van der Waals surface area contributed by atoms with E-state index in [1.54, 1.807) is 4.90 Å². The van der Waals surface area contributed by atoms with Gasteiger partial charge in [0.1, 0.15) is 23.7 Å². The van der Waals surface area contributed by atoms with Crippen molar-refractivity contribution >= 4 is 39.9 Å². The summed E-state index contributed by atoms with van der Waals surface area (Å²) in [5.41, 5.74) is 1.23. The lowest BCUT2D eigenvalue weighted by molar-refractivity contribution is -0.142. The Morgan fingerprint density at radius 3 is 2.44 bits per heavy atom. The predicted molar refractivity (Wildman–Crippen MR) is 199 cm³/mol. The van der Waals surface area contributed by atoms with Gasteiger partial charge in [0.05, 0.1) is 11.8 Å². The van der Waals surface area contributed by atoms with Gasteiger partial charge in [-0.05, 0) is 87.8 Å². The second-order valence-corrected chi connectivity index (χ2v) is 18.9. The second kappa shape index (κ2) is 14.8. The molecule has 1 aromatic rings. The molecule has 3 aliphatic heterocycles. The number of aryl methyl sites for hydroxylation is 1. The number of nitrogens with one attached hydrogen (secondary N) is 4. The van der Waals surface area contributed by atoms with Crippen LogP contribution in [0.5, 0.6) is 0 Å². The van der Waals surface area contributed by atoms with Gasteiger partial charge in [-0.25, -0.2) is 18.0 Å². The summed E-state index contributed by atoms with van der Waals surface area (Å²) < 4.78 is 33.7. The zero-order valence-electron chi connectivity index (χ0n) is 31.4. The van der Waals surface area contributed by atoms with E-state index in [9.17, 15) is 32.4 Å². The van der Waals surface area contributed by atoms with E-state index in [0.717, 1.165) is 68.9 Å². The van der Waals surface area contributed by atoms with E-state index in [0.29, 0.717) is 25.9 Å². The predicted octanol–water partition coefficient (Wildman–Crippen LogP) is 3.53. The number of nitrogens with zero attached hydrogens (tertiary/aromatic N) is 2. The number of sulfonamides is 1. The molecular weight excluding hydrogens is 713 g/mol. The van der Waals surface area contributed by atoms with E-state index >= 15 is 0 Å². The van der Waals surface area contributed by atoms with Crippen molar-refractivity contribution in [1.82, 2.24) is 30.5 Å². The second-order valence-electron chi connectivity index (χ2n) is 16.9. The maximum absolute atomic E-state index is 14.8. The summed E-state index contributed by atoms with van der Waals surface area (Å²) in [6.07, 6.45) is 8.72. The lowest BCUT2D eigenvalue weighted by atomic mass is 9.83. The summed E-state index contributed by atoms with van der Waals surface area (Å²) in [5, 5.41) is 8.25. The van der Waals surface area contributed by atoms with Crippen molar-refractivity contribution < 1.29 is 37.1 Å². The molecule has 0 radical (unpaired) electrons. The highest BCUT2D eigenvalue weighted by molar-refractivity contribution is 7.91. The SMILES string of the molecule is C=C[C@@H]1C[C@@]1(NC(=O)[C@@H]1C[C@@H]2CN1C(=O)[C@H](C1CCCCC1)NC(=O)NC(C)(C)CCCCc1cccc3c1CN(C3)C(=O)O2)C(=O)NS(=O)(=O)C1CC1. The van der Waals surface area contributed by atoms with Crippen molar-refractivity contribution in [1.29, 1.82) is 0 Å². The number of amides is 6. The molecule has 0 spiro atoms. The number of hydrogen-bond donors (Lipinski definition) is 4. The van der Waals surface area contributed by atoms with Crippen molar-refractivity contribution in [2.45, 2.75) is 145 Å². The van der Waals surface area contributed by atoms with Gasteiger partial charge in [0.2, 0.25) is 21.8 Å². The third kappa shape index (κ3) is 7.97. The monoisotopic (exact) mass is 766 g/mol. The molecule has 4 N–H and O–H groups in total. The van der Waals surface area contributed by atoms with Crippen LogP contribution in [-0.4, -0.2) is 89.1 Å². The number of carbonyl (C=O) groups is 5. The van der Waals surface area contributed by atoms with E-state index < -0.39 is 80.3 Å². The first kappa shape index (κ1) is 38.1. The molecule has 3 aliphatic carbocycles. The molecule has 0 unspecified atom stereocenters. The molecule has 294 valence electrons. The molecule has 1 aromatic carbocycles. The summed E-state index contributed by atoms with van der Waals surface area (Å²) in [6, 6.07) is 3.54. The minimum atomic E-state index is -3.90. The van der Waals surface area contributed by atoms with Crippen LogP contribution in [0.1, 0.15) is 108 Å². The number of ether oxygens (including phenoxy) is 1. The van der Waals surface area contributed by atoms with Gasteiger partial charge in [0, 0.05) is 31.0 Å². The van der Waals surface area contributed by atoms with Gasteiger partial charge in [0.15, 0.2) is 0 Å². The van der Waals surface area contributed by atoms with Crippen LogP contribution >= 0.6 is 0 Å². The molecule has 1 saturated heterocycles. The van der Waals surface area contributed by atoms with Crippen molar-refractivity contribution in [3.63, 3.8) is 0 Å². The molecule has 7 rings (SSSR count). The average Bonchev–Trinajstić information content (AvgIpc) is 4.02. The zero-order valence-corrected chi connectivity index (χ0v) is 32.2. The number of urea groups is 1. The van der Waals surface area contributed by atoms with Crippen molar-refractivity contribution in [3.05, 3.63) is 47.5 Å². The first-order chi connectivity index (χ1) is 25.7. The zero-order chi connectivity index (χ0) is 38.4. The quantitative estimate of drug-likeness (QED) is 0.304. The van der Waals surface area contributed by atoms with Crippen molar-refractivity contribution in [2.75, 3.05) is 6.54 Å². The van der Waals surface area contributed by atoms with Crippen LogP contribution in [0.25, 0.3) is 0 Å². The van der Waals surface area contributed by atoms with E-state index in [-0.39, 0.29) is 25.3 Å². The fourth-order valence-corrected chi connectivity index (χ4v) is 10.3. The number of carbonyl (C=O) groups excluding carboxylic acids is 5. The van der Waals surface area contributed by atoms with Crippen LogP contribution in [0, 0.1) is 11.8 Å². The highest BCUT2D eigenvalue weighted by Crippen LogP contribution is 2.45. The Morgan fingerprint density at radius 1 is 1.00 bits per heavy atom. The normalized spacial score (nSPS) is 30.5. The molecule has 5 atom stereocenters. The van der Waals surface area contributed by atoms with Gasteiger partial charge in [-0.2, -0.15) is 0 Å². The minimum Gasteiger partial charge on any atom is -0.444 e. The van der Waals surface area contributed by atoms with Gasteiger partial charge in [0.25, 0.3) is 5.91 Å². The average molecular weight is 767 g/mol. The molecule has 54 heavy (non-hydrogen) atoms. The minimum absolute atomic E-state index is 0.0389. The molecule has 14 nitrogen and oxygen atoms in total. The molecule has 4 fully saturated rings. The Balaban J connectivity index is 1.18. The summed E-state index contributed by atoms with van der Waals surface area (Å²) in [6.45, 7) is 8.41. The van der Waals surface area contributed by atoms with Gasteiger partial charge < -0.3 is 25.6 Å². The molecule has 4 bridgehead atoms. The topological polar surface area (TPSA) is 183 Å². The third-order valence-corrected chi connectivity index (χ3v) is 14.1. The molecular formula is C39H54N6O8S. The molecule has 6 aliphatic rings. The molecule has 0 aromatic heterocycles. The molecule has 6 amide bonds. The lowest BCUT2D eigenvalue weighted by Crippen LogP contribution is -2.61. The third-order valence-electron chi connectivity index (χ3n) is 12.3. The van der Waals surface area contributed by atoms with Crippen molar-refractivity contribution in [2.24, 2.45) is 11.8 Å². The Morgan fingerprint density at radius 2 is 1.74 bits per heavy atom. The summed E-state index contributed by atoms with van der Waals surface area (Å²) in [7, 11) is -3.90. The first-order valence-corrected chi connectivity index (χ1v) is 21.2. The Kier molecular flexibility index (Phi) is 10.5. The van der Waals surface area contributed by atoms with Crippen molar-refractivity contribution in [3.8, 4) is 0 Å². The smallest absolute Gasteiger partial charge is 0.410 e. The van der Waals surface area contributed by atoms with Gasteiger partial charge in [-0.15, -0.1) is 6.58 Å². The van der Waals surface area contributed by atoms with Gasteiger partial charge in [-0.3, -0.25) is 24.0 Å². The van der Waals surface area contributed by atoms with E-state index in [1.165, 1.54) is 16.5 Å². The van der Waals surface area contributed by atoms with Crippen LogP contribution in [0.4, 0.5) is 9.59 Å².